The predicted octanol–water partition coefficient (Wildman–Crippen LogP) is 3.07. The van der Waals surface area contributed by atoms with Crippen molar-refractivity contribution in [3.8, 4) is 0 Å². The van der Waals surface area contributed by atoms with Gasteiger partial charge < -0.3 is 4.74 Å². The summed E-state index contributed by atoms with van der Waals surface area (Å²) in [4.78, 5) is 0. The zero-order valence-electron chi connectivity index (χ0n) is 6.44. The normalized spacial score (nSPS) is 15.8. The zero-order valence-corrected chi connectivity index (χ0v) is 7.95. The van der Waals surface area contributed by atoms with Crippen LogP contribution in [0.5, 0.6) is 0 Å². The highest BCUT2D eigenvalue weighted by Crippen LogP contribution is 2.31. The highest BCUT2D eigenvalue weighted by atomic mass is 35.5. The molecule has 0 amide bonds. The molecule has 0 radical (unpaired) electrons. The summed E-state index contributed by atoms with van der Waals surface area (Å²) in [5.74, 6) is 0. The summed E-state index contributed by atoms with van der Waals surface area (Å²) < 4.78 is 5.29. The van der Waals surface area contributed by atoms with Gasteiger partial charge in [0.25, 0.3) is 0 Å². The zero-order chi connectivity index (χ0) is 8.55. The molecule has 1 aromatic rings. The molecule has 0 bridgehead atoms. The van der Waals surface area contributed by atoms with Crippen molar-refractivity contribution in [2.75, 3.05) is 6.61 Å². The fourth-order valence-corrected chi connectivity index (χ4v) is 1.80. The molecule has 0 unspecified atom stereocenters. The summed E-state index contributed by atoms with van der Waals surface area (Å²) >= 11 is 11.9. The average molecular weight is 203 g/mol. The summed E-state index contributed by atoms with van der Waals surface area (Å²) in [6, 6.07) is 3.86. The van der Waals surface area contributed by atoms with E-state index in [4.69, 9.17) is 27.9 Å². The third-order valence-electron chi connectivity index (χ3n) is 2.06. The van der Waals surface area contributed by atoms with Gasteiger partial charge in [0.05, 0.1) is 23.3 Å². The largest absolute Gasteiger partial charge is 0.376 e. The molecule has 3 heteroatoms. The molecule has 64 valence electrons. The molecule has 1 aromatic carbocycles. The van der Waals surface area contributed by atoms with Crippen LogP contribution in [-0.2, 0) is 17.8 Å². The standard InChI is InChI=1S/C9H8Cl2O/c10-8-2-1-6-3-4-12-5-7(6)9(8)11/h1-2H,3-5H2. The molecule has 1 nitrogen and oxygen atoms in total. The summed E-state index contributed by atoms with van der Waals surface area (Å²) in [5, 5.41) is 1.26. The van der Waals surface area contributed by atoms with E-state index in [0.717, 1.165) is 18.6 Å². The quantitative estimate of drug-likeness (QED) is 0.629. The van der Waals surface area contributed by atoms with Crippen molar-refractivity contribution in [2.45, 2.75) is 13.0 Å². The smallest absolute Gasteiger partial charge is 0.0734 e. The maximum absolute atomic E-state index is 6.00. The fourth-order valence-electron chi connectivity index (χ4n) is 1.38. The van der Waals surface area contributed by atoms with E-state index in [-0.39, 0.29) is 0 Å². The Hall–Kier alpha value is -0.240. The maximum Gasteiger partial charge on any atom is 0.0734 e. The number of hydrogen-bond acceptors (Lipinski definition) is 1. The van der Waals surface area contributed by atoms with E-state index in [2.05, 4.69) is 0 Å². The molecule has 0 spiro atoms. The summed E-state index contributed by atoms with van der Waals surface area (Å²) in [7, 11) is 0. The highest BCUT2D eigenvalue weighted by Gasteiger charge is 2.14. The van der Waals surface area contributed by atoms with Gasteiger partial charge in [0.2, 0.25) is 0 Å². The molecule has 0 saturated carbocycles. The molecular weight excluding hydrogens is 195 g/mol. The van der Waals surface area contributed by atoms with E-state index in [1.807, 2.05) is 12.1 Å². The van der Waals surface area contributed by atoms with Gasteiger partial charge in [-0.05, 0) is 18.1 Å². The SMILES string of the molecule is Clc1ccc2c(c1Cl)COCC2. The lowest BCUT2D eigenvalue weighted by Crippen LogP contribution is -2.10. The van der Waals surface area contributed by atoms with E-state index < -0.39 is 0 Å². The topological polar surface area (TPSA) is 9.23 Å². The van der Waals surface area contributed by atoms with Crippen molar-refractivity contribution in [3.05, 3.63) is 33.3 Å². The Kier molecular flexibility index (Phi) is 2.26. The first-order valence-electron chi connectivity index (χ1n) is 3.82. The van der Waals surface area contributed by atoms with Gasteiger partial charge in [-0.25, -0.2) is 0 Å². The van der Waals surface area contributed by atoms with Crippen LogP contribution in [0.15, 0.2) is 12.1 Å². The number of fused-ring (bicyclic) bond motifs is 1. The molecule has 0 N–H and O–H groups in total. The van der Waals surface area contributed by atoms with Crippen molar-refractivity contribution in [1.82, 2.24) is 0 Å². The first-order chi connectivity index (χ1) is 5.79. The Labute approximate surface area is 81.2 Å². The lowest BCUT2D eigenvalue weighted by molar-refractivity contribution is 0.111. The van der Waals surface area contributed by atoms with Gasteiger partial charge in [-0.2, -0.15) is 0 Å². The average Bonchev–Trinajstić information content (AvgIpc) is 2.12. The van der Waals surface area contributed by atoms with Crippen LogP contribution in [0.3, 0.4) is 0 Å². The molecule has 1 aliphatic heterocycles. The van der Waals surface area contributed by atoms with E-state index in [1.54, 1.807) is 0 Å². The van der Waals surface area contributed by atoms with Crippen molar-refractivity contribution in [1.29, 1.82) is 0 Å². The monoisotopic (exact) mass is 202 g/mol. The second kappa shape index (κ2) is 3.25. The summed E-state index contributed by atoms with van der Waals surface area (Å²) in [6.07, 6.45) is 0.937. The number of halogens is 2. The Morgan fingerprint density at radius 1 is 1.25 bits per heavy atom. The number of hydrogen-bond donors (Lipinski definition) is 0. The van der Waals surface area contributed by atoms with Gasteiger partial charge in [0.15, 0.2) is 0 Å². The molecule has 1 heterocycles. The molecule has 0 aliphatic carbocycles. The van der Waals surface area contributed by atoms with E-state index in [0.29, 0.717) is 16.7 Å². The van der Waals surface area contributed by atoms with Crippen LogP contribution in [0.25, 0.3) is 0 Å². The number of rotatable bonds is 0. The third kappa shape index (κ3) is 1.33. The second-order valence-corrected chi connectivity index (χ2v) is 3.59. The minimum Gasteiger partial charge on any atom is -0.376 e. The first-order valence-corrected chi connectivity index (χ1v) is 4.58. The van der Waals surface area contributed by atoms with Crippen LogP contribution in [0.2, 0.25) is 10.0 Å². The molecule has 0 atom stereocenters. The molecule has 12 heavy (non-hydrogen) atoms. The Morgan fingerprint density at radius 3 is 2.92 bits per heavy atom. The van der Waals surface area contributed by atoms with Gasteiger partial charge in [0.1, 0.15) is 0 Å². The van der Waals surface area contributed by atoms with Gasteiger partial charge in [-0.1, -0.05) is 29.3 Å². The minimum atomic E-state index is 0.592. The molecule has 2 rings (SSSR count). The van der Waals surface area contributed by atoms with Crippen LogP contribution >= 0.6 is 23.2 Å². The van der Waals surface area contributed by atoms with Crippen molar-refractivity contribution in [3.63, 3.8) is 0 Å². The Balaban J connectivity index is 2.54. The summed E-state index contributed by atoms with van der Waals surface area (Å²) in [6.45, 7) is 1.37. The third-order valence-corrected chi connectivity index (χ3v) is 2.90. The number of benzene rings is 1. The van der Waals surface area contributed by atoms with Crippen molar-refractivity contribution in [2.24, 2.45) is 0 Å². The lowest BCUT2D eigenvalue weighted by atomic mass is 10.0. The predicted molar refractivity (Wildman–Crippen MR) is 49.8 cm³/mol. The van der Waals surface area contributed by atoms with Gasteiger partial charge >= 0.3 is 0 Å². The number of ether oxygens (including phenoxy) is 1. The van der Waals surface area contributed by atoms with Gasteiger partial charge in [-0.3, -0.25) is 0 Å². The lowest BCUT2D eigenvalue weighted by Gasteiger charge is -2.17. The molecule has 0 aromatic heterocycles. The highest BCUT2D eigenvalue weighted by molar-refractivity contribution is 6.42. The van der Waals surface area contributed by atoms with Crippen molar-refractivity contribution < 1.29 is 4.74 Å². The van der Waals surface area contributed by atoms with E-state index >= 15 is 0 Å². The van der Waals surface area contributed by atoms with Crippen molar-refractivity contribution >= 4 is 23.2 Å². The van der Waals surface area contributed by atoms with Crippen LogP contribution in [0.1, 0.15) is 11.1 Å². The molecule has 0 saturated heterocycles. The fraction of sp³-hybridized carbons (Fsp3) is 0.333. The van der Waals surface area contributed by atoms with Crippen LogP contribution in [-0.4, -0.2) is 6.61 Å². The van der Waals surface area contributed by atoms with Crippen LogP contribution < -0.4 is 0 Å². The molecule has 0 fully saturated rings. The van der Waals surface area contributed by atoms with Crippen LogP contribution in [0, 0.1) is 0 Å². The molecule has 1 aliphatic rings. The summed E-state index contributed by atoms with van der Waals surface area (Å²) in [5.41, 5.74) is 2.31. The molecular formula is C9H8Cl2O. The minimum absolute atomic E-state index is 0.592. The Morgan fingerprint density at radius 2 is 2.08 bits per heavy atom. The Bertz CT molecular complexity index is 310. The van der Waals surface area contributed by atoms with Gasteiger partial charge in [0, 0.05) is 5.56 Å². The first kappa shape index (κ1) is 8.36. The van der Waals surface area contributed by atoms with Gasteiger partial charge in [-0.15, -0.1) is 0 Å². The maximum atomic E-state index is 6.00. The second-order valence-electron chi connectivity index (χ2n) is 2.80. The van der Waals surface area contributed by atoms with E-state index in [1.165, 1.54) is 5.56 Å². The van der Waals surface area contributed by atoms with Crippen LogP contribution in [0.4, 0.5) is 0 Å². The van der Waals surface area contributed by atoms with E-state index in [9.17, 15) is 0 Å².